The highest BCUT2D eigenvalue weighted by Crippen LogP contribution is 2.30. The molecular formula is C18H28N2O3. The Hall–Kier alpha value is -2.01. The van der Waals surface area contributed by atoms with Gasteiger partial charge in [-0.3, -0.25) is 4.79 Å². The van der Waals surface area contributed by atoms with Crippen LogP contribution in [-0.2, 0) is 4.79 Å². The lowest BCUT2D eigenvalue weighted by atomic mass is 10.1. The molecule has 1 aromatic rings. The average Bonchev–Trinajstić information content (AvgIpc) is 2.49. The molecule has 0 aliphatic heterocycles. The number of likely N-dealkylation sites (N-methyl/N-ethyl adjacent to an activating group) is 1. The Morgan fingerprint density at radius 2 is 1.87 bits per heavy atom. The van der Waals surface area contributed by atoms with E-state index >= 15 is 0 Å². The molecule has 0 saturated heterocycles. The number of hydrogen-bond acceptors (Lipinski definition) is 4. The molecule has 1 N–H and O–H groups in total. The van der Waals surface area contributed by atoms with E-state index in [9.17, 15) is 4.79 Å². The largest absolute Gasteiger partial charge is 0.490 e. The van der Waals surface area contributed by atoms with E-state index in [0.717, 1.165) is 17.9 Å². The van der Waals surface area contributed by atoms with Crippen molar-refractivity contribution in [1.82, 2.24) is 10.2 Å². The summed E-state index contributed by atoms with van der Waals surface area (Å²) in [5.74, 6) is 1.32. The molecule has 23 heavy (non-hydrogen) atoms. The van der Waals surface area contributed by atoms with Crippen LogP contribution < -0.4 is 14.8 Å². The summed E-state index contributed by atoms with van der Waals surface area (Å²) in [6, 6.07) is 5.64. The number of amides is 1. The van der Waals surface area contributed by atoms with Gasteiger partial charge < -0.3 is 19.7 Å². The van der Waals surface area contributed by atoms with E-state index in [1.807, 2.05) is 64.0 Å². The van der Waals surface area contributed by atoms with Gasteiger partial charge in [-0.25, -0.2) is 0 Å². The summed E-state index contributed by atoms with van der Waals surface area (Å²) in [6.07, 6.45) is 3.40. The fourth-order valence-electron chi connectivity index (χ4n) is 2.05. The number of carbonyl (C=O) groups excluding carboxylic acids is 1. The van der Waals surface area contributed by atoms with Gasteiger partial charge in [-0.2, -0.15) is 0 Å². The number of benzene rings is 1. The van der Waals surface area contributed by atoms with Gasteiger partial charge in [0.25, 0.3) is 0 Å². The third-order valence-corrected chi connectivity index (χ3v) is 3.17. The van der Waals surface area contributed by atoms with Gasteiger partial charge in [0.05, 0.1) is 19.3 Å². The molecule has 0 radical (unpaired) electrons. The van der Waals surface area contributed by atoms with Crippen molar-refractivity contribution in [2.24, 2.45) is 0 Å². The highest BCUT2D eigenvalue weighted by Gasteiger charge is 2.12. The molecule has 128 valence electrons. The van der Waals surface area contributed by atoms with Crippen molar-refractivity contribution in [3.05, 3.63) is 35.9 Å². The summed E-state index contributed by atoms with van der Waals surface area (Å²) in [7, 11) is 3.92. The summed E-state index contributed by atoms with van der Waals surface area (Å²) in [5, 5.41) is 2.95. The van der Waals surface area contributed by atoms with E-state index in [1.54, 1.807) is 6.08 Å². The minimum Gasteiger partial charge on any atom is -0.490 e. The van der Waals surface area contributed by atoms with Crippen molar-refractivity contribution in [2.75, 3.05) is 33.9 Å². The maximum absolute atomic E-state index is 11.9. The van der Waals surface area contributed by atoms with Crippen molar-refractivity contribution in [2.45, 2.75) is 26.8 Å². The van der Waals surface area contributed by atoms with E-state index in [4.69, 9.17) is 9.47 Å². The van der Waals surface area contributed by atoms with Crippen LogP contribution in [0.25, 0.3) is 0 Å². The highest BCUT2D eigenvalue weighted by molar-refractivity contribution is 5.87. The van der Waals surface area contributed by atoms with E-state index in [0.29, 0.717) is 19.0 Å². The Kier molecular flexibility index (Phi) is 8.19. The predicted octanol–water partition coefficient (Wildman–Crippen LogP) is 2.78. The molecule has 1 atom stereocenters. The molecule has 0 fully saturated rings. The third-order valence-electron chi connectivity index (χ3n) is 3.17. The number of carbonyl (C=O) groups is 1. The second-order valence-corrected chi connectivity index (χ2v) is 5.47. The SMILES string of the molecule is CCOc1ccc(C(C)NC(=O)C=CCN(C)C)cc1OCC. The quantitative estimate of drug-likeness (QED) is 0.711. The molecular weight excluding hydrogens is 292 g/mol. The standard InChI is InChI=1S/C18H28N2O3/c1-6-22-16-11-10-15(13-17(16)23-7-2)14(3)19-18(21)9-8-12-20(4)5/h8-11,13-14H,6-7,12H2,1-5H3,(H,19,21). The third kappa shape index (κ3) is 6.74. The molecule has 0 bridgehead atoms. The van der Waals surface area contributed by atoms with Crippen LogP contribution in [-0.4, -0.2) is 44.7 Å². The molecule has 5 heteroatoms. The first kappa shape index (κ1) is 19.0. The van der Waals surface area contributed by atoms with Crippen LogP contribution in [0.3, 0.4) is 0 Å². The van der Waals surface area contributed by atoms with E-state index in [2.05, 4.69) is 5.32 Å². The number of ether oxygens (including phenoxy) is 2. The maximum atomic E-state index is 11.9. The topological polar surface area (TPSA) is 50.8 Å². The van der Waals surface area contributed by atoms with Gasteiger partial charge in [0, 0.05) is 12.6 Å². The highest BCUT2D eigenvalue weighted by atomic mass is 16.5. The van der Waals surface area contributed by atoms with Gasteiger partial charge in [0.1, 0.15) is 0 Å². The Labute approximate surface area is 139 Å². The smallest absolute Gasteiger partial charge is 0.244 e. The lowest BCUT2D eigenvalue weighted by Crippen LogP contribution is -2.25. The van der Waals surface area contributed by atoms with Crippen molar-refractivity contribution in [1.29, 1.82) is 0 Å². The second-order valence-electron chi connectivity index (χ2n) is 5.47. The lowest BCUT2D eigenvalue weighted by Gasteiger charge is -2.17. The molecule has 1 rings (SSSR count). The first-order valence-electron chi connectivity index (χ1n) is 7.99. The lowest BCUT2D eigenvalue weighted by molar-refractivity contribution is -0.117. The molecule has 0 saturated carbocycles. The Balaban J connectivity index is 2.75. The molecule has 5 nitrogen and oxygen atoms in total. The van der Waals surface area contributed by atoms with Gasteiger partial charge in [0.15, 0.2) is 11.5 Å². The fraction of sp³-hybridized carbons (Fsp3) is 0.500. The van der Waals surface area contributed by atoms with Crippen molar-refractivity contribution in [3.8, 4) is 11.5 Å². The molecule has 0 heterocycles. The van der Waals surface area contributed by atoms with Crippen molar-refractivity contribution in [3.63, 3.8) is 0 Å². The Morgan fingerprint density at radius 3 is 2.48 bits per heavy atom. The molecule has 0 aliphatic carbocycles. The van der Waals surface area contributed by atoms with Crippen LogP contribution in [0.15, 0.2) is 30.4 Å². The molecule has 1 unspecified atom stereocenters. The molecule has 1 aromatic carbocycles. The fourth-order valence-corrected chi connectivity index (χ4v) is 2.05. The van der Waals surface area contributed by atoms with E-state index in [1.165, 1.54) is 0 Å². The molecule has 0 aromatic heterocycles. The average molecular weight is 320 g/mol. The summed E-state index contributed by atoms with van der Waals surface area (Å²) in [5.41, 5.74) is 0.978. The van der Waals surface area contributed by atoms with Crippen LogP contribution in [0.1, 0.15) is 32.4 Å². The van der Waals surface area contributed by atoms with Crippen LogP contribution in [0.5, 0.6) is 11.5 Å². The van der Waals surface area contributed by atoms with E-state index in [-0.39, 0.29) is 11.9 Å². The molecule has 0 aliphatic rings. The first-order chi connectivity index (χ1) is 11.0. The minimum atomic E-state index is -0.110. The van der Waals surface area contributed by atoms with Crippen LogP contribution in [0.4, 0.5) is 0 Å². The van der Waals surface area contributed by atoms with Gasteiger partial charge in [-0.15, -0.1) is 0 Å². The summed E-state index contributed by atoms with van der Waals surface area (Å²) >= 11 is 0. The zero-order chi connectivity index (χ0) is 17.2. The monoisotopic (exact) mass is 320 g/mol. The van der Waals surface area contributed by atoms with Crippen molar-refractivity contribution >= 4 is 5.91 Å². The van der Waals surface area contributed by atoms with Crippen LogP contribution in [0, 0.1) is 0 Å². The zero-order valence-corrected chi connectivity index (χ0v) is 14.8. The summed E-state index contributed by atoms with van der Waals surface area (Å²) < 4.78 is 11.2. The minimum absolute atomic E-state index is 0.105. The van der Waals surface area contributed by atoms with Gasteiger partial charge >= 0.3 is 0 Å². The second kappa shape index (κ2) is 9.90. The van der Waals surface area contributed by atoms with Gasteiger partial charge in [-0.1, -0.05) is 12.1 Å². The van der Waals surface area contributed by atoms with Crippen LogP contribution in [0.2, 0.25) is 0 Å². The normalized spacial score (nSPS) is 12.4. The van der Waals surface area contributed by atoms with E-state index < -0.39 is 0 Å². The Morgan fingerprint density at radius 1 is 1.22 bits per heavy atom. The zero-order valence-electron chi connectivity index (χ0n) is 14.8. The van der Waals surface area contributed by atoms with Crippen molar-refractivity contribution < 1.29 is 14.3 Å². The number of nitrogens with one attached hydrogen (secondary N) is 1. The maximum Gasteiger partial charge on any atom is 0.244 e. The number of rotatable bonds is 9. The molecule has 1 amide bonds. The van der Waals surface area contributed by atoms with Gasteiger partial charge in [0.2, 0.25) is 5.91 Å². The molecule has 0 spiro atoms. The van der Waals surface area contributed by atoms with Crippen LogP contribution >= 0.6 is 0 Å². The number of nitrogens with zero attached hydrogens (tertiary/aromatic N) is 1. The number of hydrogen-bond donors (Lipinski definition) is 1. The summed E-state index contributed by atoms with van der Waals surface area (Å²) in [4.78, 5) is 13.9. The predicted molar refractivity (Wildman–Crippen MR) is 93.0 cm³/mol. The first-order valence-corrected chi connectivity index (χ1v) is 7.99. The summed E-state index contributed by atoms with van der Waals surface area (Å²) in [6.45, 7) is 7.71. The van der Waals surface area contributed by atoms with Gasteiger partial charge in [-0.05, 0) is 52.6 Å². The Bertz CT molecular complexity index is 527.